The lowest BCUT2D eigenvalue weighted by Crippen LogP contribution is -2.21. The minimum absolute atomic E-state index is 0. The summed E-state index contributed by atoms with van der Waals surface area (Å²) in [5.41, 5.74) is 4.66. The zero-order valence-corrected chi connectivity index (χ0v) is 17.4. The highest BCUT2D eigenvalue weighted by Crippen LogP contribution is 2.27. The van der Waals surface area contributed by atoms with Gasteiger partial charge in [-0.05, 0) is 36.8 Å². The van der Waals surface area contributed by atoms with Crippen molar-refractivity contribution >= 4 is 5.91 Å². The number of aryl methyl sites for hydroxylation is 1. The van der Waals surface area contributed by atoms with E-state index < -0.39 is 0 Å². The quantitative estimate of drug-likeness (QED) is 0.524. The van der Waals surface area contributed by atoms with E-state index in [4.69, 9.17) is 4.42 Å². The number of carbonyl (C=O) groups is 1. The molecule has 0 aliphatic rings. The third-order valence-corrected chi connectivity index (χ3v) is 4.77. The molecule has 0 atom stereocenters. The zero-order chi connectivity index (χ0) is 22.0. The van der Waals surface area contributed by atoms with Crippen LogP contribution in [0.25, 0.3) is 34.3 Å². The van der Waals surface area contributed by atoms with Gasteiger partial charge < -0.3 is 14.4 Å². The summed E-state index contributed by atoms with van der Waals surface area (Å²) in [5, 5.41) is 17.6. The molecule has 2 aromatic heterocycles. The number of amides is 1. The molecule has 0 radical (unpaired) electrons. The zero-order valence-electron chi connectivity index (χ0n) is 17.4. The van der Waals surface area contributed by atoms with Crippen LogP contribution in [0.15, 0.2) is 59.1 Å². The third-order valence-electron chi connectivity index (χ3n) is 4.77. The van der Waals surface area contributed by atoms with Gasteiger partial charge in [-0.3, -0.25) is 9.78 Å². The van der Waals surface area contributed by atoms with Gasteiger partial charge in [0.15, 0.2) is 0 Å². The Balaban J connectivity index is 0.00000193. The van der Waals surface area contributed by atoms with Gasteiger partial charge in [0.05, 0.1) is 24.2 Å². The minimum Gasteiger partial charge on any atom is -0.415 e. The van der Waals surface area contributed by atoms with Crippen LogP contribution < -0.4 is 0 Å². The maximum Gasteiger partial charge on any atom is 0.268 e. The molecule has 0 aliphatic carbocycles. The molecule has 8 heteroatoms. The van der Waals surface area contributed by atoms with Gasteiger partial charge in [-0.25, -0.2) is 4.98 Å². The molecule has 0 spiro atoms. The van der Waals surface area contributed by atoms with Gasteiger partial charge in [-0.2, -0.15) is 0 Å². The standard InChI is InChI=1S/C23H21N5O3.2H2/c1-14-20(22-27-26-21(31-22)18-6-4-5-15(11-18)13-29)25-19(12-24-14)16-7-9-17(10-8-16)23(30)28(2)3;;/h4-12,29H,13H2,1-3H3;2*1H. The summed E-state index contributed by atoms with van der Waals surface area (Å²) < 4.78 is 5.85. The first-order valence-corrected chi connectivity index (χ1v) is 9.66. The molecule has 31 heavy (non-hydrogen) atoms. The van der Waals surface area contributed by atoms with Crippen LogP contribution in [0, 0.1) is 6.92 Å². The van der Waals surface area contributed by atoms with Crippen molar-refractivity contribution < 1.29 is 17.2 Å². The highest BCUT2D eigenvalue weighted by molar-refractivity contribution is 5.94. The lowest BCUT2D eigenvalue weighted by Gasteiger charge is -2.10. The number of aliphatic hydroxyl groups excluding tert-OH is 1. The molecule has 2 aromatic carbocycles. The fourth-order valence-electron chi connectivity index (χ4n) is 3.07. The van der Waals surface area contributed by atoms with Crippen LogP contribution in [0.5, 0.6) is 0 Å². The first-order chi connectivity index (χ1) is 15.0. The Kier molecular flexibility index (Phi) is 5.55. The molecule has 0 bridgehead atoms. The van der Waals surface area contributed by atoms with E-state index in [9.17, 15) is 9.90 Å². The fourth-order valence-corrected chi connectivity index (χ4v) is 3.07. The maximum atomic E-state index is 12.1. The van der Waals surface area contributed by atoms with Crippen molar-refractivity contribution in [3.63, 3.8) is 0 Å². The van der Waals surface area contributed by atoms with Gasteiger partial charge in [0.2, 0.25) is 5.89 Å². The molecular weight excluding hydrogens is 394 g/mol. The van der Waals surface area contributed by atoms with Crippen molar-refractivity contribution in [1.82, 2.24) is 25.1 Å². The van der Waals surface area contributed by atoms with E-state index in [-0.39, 0.29) is 21.3 Å². The molecule has 160 valence electrons. The Hall–Kier alpha value is -3.91. The largest absolute Gasteiger partial charge is 0.415 e. The van der Waals surface area contributed by atoms with Crippen LogP contribution in [0.1, 0.15) is 24.5 Å². The summed E-state index contributed by atoms with van der Waals surface area (Å²) in [7, 11) is 3.43. The van der Waals surface area contributed by atoms with Gasteiger partial charge in [-0.15, -0.1) is 10.2 Å². The molecule has 0 saturated carbocycles. The SMILES string of the molecule is Cc1ncc(-c2ccc(C(=O)N(C)C)cc2)nc1-c1nnc(-c2cccc(CO)c2)o1.[HH].[HH]. The fraction of sp³-hybridized carbons (Fsp3) is 0.174. The van der Waals surface area contributed by atoms with Crippen LogP contribution >= 0.6 is 0 Å². The van der Waals surface area contributed by atoms with Gasteiger partial charge in [0.1, 0.15) is 5.69 Å². The molecule has 0 aliphatic heterocycles. The van der Waals surface area contributed by atoms with E-state index in [1.54, 1.807) is 38.5 Å². The van der Waals surface area contributed by atoms with Crippen LogP contribution in [-0.4, -0.2) is 50.2 Å². The molecule has 8 nitrogen and oxygen atoms in total. The van der Waals surface area contributed by atoms with Gasteiger partial charge in [0, 0.05) is 33.6 Å². The Morgan fingerprint density at radius 1 is 1.06 bits per heavy atom. The molecule has 4 rings (SSSR count). The van der Waals surface area contributed by atoms with E-state index >= 15 is 0 Å². The van der Waals surface area contributed by atoms with Gasteiger partial charge >= 0.3 is 0 Å². The van der Waals surface area contributed by atoms with Crippen molar-refractivity contribution in [3.8, 4) is 34.3 Å². The summed E-state index contributed by atoms with van der Waals surface area (Å²) in [6, 6.07) is 14.5. The second kappa shape index (κ2) is 8.45. The normalized spacial score (nSPS) is 10.8. The second-order valence-corrected chi connectivity index (χ2v) is 7.24. The number of benzene rings is 2. The van der Waals surface area contributed by atoms with E-state index in [1.165, 1.54) is 4.90 Å². The van der Waals surface area contributed by atoms with Gasteiger partial charge in [0.25, 0.3) is 11.8 Å². The lowest BCUT2D eigenvalue weighted by molar-refractivity contribution is 0.0827. The molecule has 0 fully saturated rings. The average Bonchev–Trinajstić information content (AvgIpc) is 3.29. The average molecular weight is 419 g/mol. The summed E-state index contributed by atoms with van der Waals surface area (Å²) in [5.74, 6) is 0.532. The summed E-state index contributed by atoms with van der Waals surface area (Å²) in [4.78, 5) is 22.7. The Bertz CT molecular complexity index is 1240. The number of aromatic nitrogens is 4. The van der Waals surface area contributed by atoms with E-state index in [1.807, 2.05) is 37.3 Å². The van der Waals surface area contributed by atoms with Crippen molar-refractivity contribution in [2.75, 3.05) is 14.1 Å². The third kappa shape index (κ3) is 4.19. The van der Waals surface area contributed by atoms with Gasteiger partial charge in [-0.1, -0.05) is 24.3 Å². The maximum absolute atomic E-state index is 12.1. The van der Waals surface area contributed by atoms with Crippen molar-refractivity contribution in [2.45, 2.75) is 13.5 Å². The van der Waals surface area contributed by atoms with Crippen LogP contribution in [-0.2, 0) is 6.61 Å². The number of carbonyl (C=O) groups excluding carboxylic acids is 1. The minimum atomic E-state index is -0.0691. The van der Waals surface area contributed by atoms with E-state index in [0.717, 1.165) is 11.1 Å². The highest BCUT2D eigenvalue weighted by Gasteiger charge is 2.17. The van der Waals surface area contributed by atoms with E-state index in [2.05, 4.69) is 20.2 Å². The smallest absolute Gasteiger partial charge is 0.268 e. The molecule has 1 N–H and O–H groups in total. The topological polar surface area (TPSA) is 105 Å². The predicted molar refractivity (Wildman–Crippen MR) is 119 cm³/mol. The van der Waals surface area contributed by atoms with Crippen molar-refractivity contribution in [1.29, 1.82) is 0 Å². The molecular formula is C23H25N5O3. The van der Waals surface area contributed by atoms with Crippen LogP contribution in [0.3, 0.4) is 0 Å². The van der Waals surface area contributed by atoms with E-state index in [0.29, 0.717) is 34.1 Å². The summed E-state index contributed by atoms with van der Waals surface area (Å²) in [6.45, 7) is 1.75. The first-order valence-electron chi connectivity index (χ1n) is 9.66. The van der Waals surface area contributed by atoms with Crippen LogP contribution in [0.4, 0.5) is 0 Å². The second-order valence-electron chi connectivity index (χ2n) is 7.24. The number of hydrogen-bond donors (Lipinski definition) is 1. The van der Waals surface area contributed by atoms with Crippen molar-refractivity contribution in [2.24, 2.45) is 0 Å². The molecule has 2 heterocycles. The molecule has 4 aromatic rings. The Morgan fingerprint density at radius 3 is 2.52 bits per heavy atom. The monoisotopic (exact) mass is 419 g/mol. The number of rotatable bonds is 5. The number of nitrogens with zero attached hydrogens (tertiary/aromatic N) is 5. The number of hydrogen-bond acceptors (Lipinski definition) is 7. The first kappa shape index (κ1) is 20.4. The Morgan fingerprint density at radius 2 is 1.81 bits per heavy atom. The Labute approximate surface area is 182 Å². The summed E-state index contributed by atoms with van der Waals surface area (Å²) >= 11 is 0. The molecule has 1 amide bonds. The summed E-state index contributed by atoms with van der Waals surface area (Å²) in [6.07, 6.45) is 1.67. The van der Waals surface area contributed by atoms with Crippen molar-refractivity contribution in [3.05, 3.63) is 71.5 Å². The predicted octanol–water partition coefficient (Wildman–Crippen LogP) is 3.86. The highest BCUT2D eigenvalue weighted by atomic mass is 16.4. The molecule has 0 unspecified atom stereocenters. The number of aliphatic hydroxyl groups is 1. The van der Waals surface area contributed by atoms with Crippen LogP contribution in [0.2, 0.25) is 0 Å². The molecule has 0 saturated heterocycles. The lowest BCUT2D eigenvalue weighted by atomic mass is 10.1.